The number of amides is 2. The van der Waals surface area contributed by atoms with Crippen LogP contribution in [0.3, 0.4) is 0 Å². The number of hydroxylamine groups is 1. The Labute approximate surface area is 158 Å². The standard InChI is InChI=1S/C18H17F2N3O5/c1-18(27-2,17(19)20)14(16(25)23-26)22-15(24)12-6-3-11(4-7-12)5-8-13-9-10-21-28-13/h3-4,6-7,9-10,14,17,26H,1-2H3,(H,22,24)(H,23,25)/t14-,18?/m1/s1. The first-order valence-electron chi connectivity index (χ1n) is 7.92. The summed E-state index contributed by atoms with van der Waals surface area (Å²) in [5, 5.41) is 14.5. The van der Waals surface area contributed by atoms with Gasteiger partial charge < -0.3 is 14.6 Å². The summed E-state index contributed by atoms with van der Waals surface area (Å²) >= 11 is 0. The molecule has 148 valence electrons. The van der Waals surface area contributed by atoms with Gasteiger partial charge in [-0.2, -0.15) is 0 Å². The van der Waals surface area contributed by atoms with Gasteiger partial charge in [0.2, 0.25) is 5.76 Å². The van der Waals surface area contributed by atoms with E-state index in [9.17, 15) is 18.4 Å². The number of nitrogens with zero attached hydrogens (tertiary/aromatic N) is 1. The Kier molecular flexibility index (Phi) is 6.81. The highest BCUT2D eigenvalue weighted by Crippen LogP contribution is 2.24. The van der Waals surface area contributed by atoms with Crippen molar-refractivity contribution in [3.05, 3.63) is 53.4 Å². The molecule has 1 aromatic heterocycles. The Hall–Kier alpha value is -3.29. The summed E-state index contributed by atoms with van der Waals surface area (Å²) in [7, 11) is 0.970. The van der Waals surface area contributed by atoms with Crippen molar-refractivity contribution in [3.63, 3.8) is 0 Å². The highest BCUT2D eigenvalue weighted by Gasteiger charge is 2.48. The van der Waals surface area contributed by atoms with E-state index < -0.39 is 29.9 Å². The Morgan fingerprint density at radius 2 is 1.93 bits per heavy atom. The molecule has 3 N–H and O–H groups in total. The van der Waals surface area contributed by atoms with E-state index in [-0.39, 0.29) is 5.56 Å². The molecule has 0 saturated heterocycles. The Morgan fingerprint density at radius 3 is 2.43 bits per heavy atom. The lowest BCUT2D eigenvalue weighted by Crippen LogP contribution is -2.62. The van der Waals surface area contributed by atoms with E-state index in [1.165, 1.54) is 35.9 Å². The lowest BCUT2D eigenvalue weighted by Gasteiger charge is -2.34. The molecule has 10 heteroatoms. The molecular formula is C18H17F2N3O5. The zero-order chi connectivity index (χ0) is 20.7. The summed E-state index contributed by atoms with van der Waals surface area (Å²) < 4.78 is 36.3. The number of halogens is 2. The van der Waals surface area contributed by atoms with Crippen LogP contribution in [0, 0.1) is 11.8 Å². The van der Waals surface area contributed by atoms with Gasteiger partial charge in [-0.25, -0.2) is 14.3 Å². The van der Waals surface area contributed by atoms with Gasteiger partial charge in [0.05, 0.1) is 6.20 Å². The predicted octanol–water partition coefficient (Wildman–Crippen LogP) is 1.35. The number of methoxy groups -OCH3 is 1. The number of ether oxygens (including phenoxy) is 1. The summed E-state index contributed by atoms with van der Waals surface area (Å²) in [6, 6.07) is 5.60. The molecule has 0 aliphatic carbocycles. The minimum Gasteiger partial charge on any atom is -0.370 e. The Balaban J connectivity index is 2.18. The average molecular weight is 393 g/mol. The van der Waals surface area contributed by atoms with Crippen molar-refractivity contribution in [3.8, 4) is 11.8 Å². The predicted molar refractivity (Wildman–Crippen MR) is 91.5 cm³/mol. The third kappa shape index (κ3) is 4.70. The Morgan fingerprint density at radius 1 is 1.25 bits per heavy atom. The first-order chi connectivity index (χ1) is 13.3. The van der Waals surface area contributed by atoms with Crippen molar-refractivity contribution in [1.29, 1.82) is 0 Å². The molecule has 0 spiro atoms. The number of carbonyl (C=O) groups excluding carboxylic acids is 2. The molecule has 28 heavy (non-hydrogen) atoms. The van der Waals surface area contributed by atoms with Crippen LogP contribution >= 0.6 is 0 Å². The molecule has 0 aliphatic heterocycles. The van der Waals surface area contributed by atoms with E-state index in [0.717, 1.165) is 14.0 Å². The third-order valence-electron chi connectivity index (χ3n) is 4.01. The fraction of sp³-hybridized carbons (Fsp3) is 0.278. The van der Waals surface area contributed by atoms with Gasteiger partial charge >= 0.3 is 0 Å². The van der Waals surface area contributed by atoms with Crippen molar-refractivity contribution in [2.75, 3.05) is 7.11 Å². The summed E-state index contributed by atoms with van der Waals surface area (Å²) in [5.74, 6) is 3.83. The van der Waals surface area contributed by atoms with Crippen molar-refractivity contribution in [2.45, 2.75) is 25.0 Å². The van der Waals surface area contributed by atoms with Crippen LogP contribution in [-0.4, -0.2) is 47.4 Å². The van der Waals surface area contributed by atoms with Gasteiger partial charge in [-0.05, 0) is 37.1 Å². The number of nitrogens with one attached hydrogen (secondary N) is 2. The van der Waals surface area contributed by atoms with Gasteiger partial charge in [0, 0.05) is 24.3 Å². The molecule has 0 radical (unpaired) electrons. The van der Waals surface area contributed by atoms with Crippen LogP contribution in [0.25, 0.3) is 0 Å². The summed E-state index contributed by atoms with van der Waals surface area (Å²) in [4.78, 5) is 24.2. The second-order valence-electron chi connectivity index (χ2n) is 5.78. The van der Waals surface area contributed by atoms with E-state index in [2.05, 4.69) is 22.3 Å². The monoisotopic (exact) mass is 393 g/mol. The van der Waals surface area contributed by atoms with Crippen molar-refractivity contribution in [2.24, 2.45) is 0 Å². The summed E-state index contributed by atoms with van der Waals surface area (Å²) in [6.07, 6.45) is -1.67. The minimum absolute atomic E-state index is 0.0914. The van der Waals surface area contributed by atoms with Gasteiger partial charge in [-0.3, -0.25) is 14.8 Å². The van der Waals surface area contributed by atoms with Crippen LogP contribution in [-0.2, 0) is 9.53 Å². The Bertz CT molecular complexity index is 875. The molecule has 2 amide bonds. The highest BCUT2D eigenvalue weighted by molar-refractivity contribution is 5.97. The first-order valence-corrected chi connectivity index (χ1v) is 7.92. The van der Waals surface area contributed by atoms with E-state index in [1.54, 1.807) is 6.07 Å². The van der Waals surface area contributed by atoms with E-state index >= 15 is 0 Å². The van der Waals surface area contributed by atoms with Crippen LogP contribution in [0.1, 0.15) is 28.6 Å². The molecule has 2 rings (SSSR count). The molecule has 2 aromatic rings. The molecule has 8 nitrogen and oxygen atoms in total. The smallest absolute Gasteiger partial charge is 0.269 e. The largest absolute Gasteiger partial charge is 0.370 e. The maximum Gasteiger partial charge on any atom is 0.269 e. The zero-order valence-corrected chi connectivity index (χ0v) is 14.9. The molecule has 1 aromatic carbocycles. The molecule has 0 bridgehead atoms. The van der Waals surface area contributed by atoms with Gasteiger partial charge in [0.1, 0.15) is 6.04 Å². The second kappa shape index (κ2) is 9.07. The zero-order valence-electron chi connectivity index (χ0n) is 14.9. The van der Waals surface area contributed by atoms with E-state index in [1.807, 2.05) is 0 Å². The molecule has 0 saturated carbocycles. The number of carbonyl (C=O) groups is 2. The van der Waals surface area contributed by atoms with Gasteiger partial charge in [0.25, 0.3) is 18.2 Å². The molecule has 1 heterocycles. The van der Waals surface area contributed by atoms with Crippen LogP contribution in [0.15, 0.2) is 41.1 Å². The molecular weight excluding hydrogens is 376 g/mol. The highest BCUT2D eigenvalue weighted by atomic mass is 19.3. The second-order valence-corrected chi connectivity index (χ2v) is 5.78. The number of rotatable bonds is 6. The fourth-order valence-electron chi connectivity index (χ4n) is 2.20. The van der Waals surface area contributed by atoms with Crippen molar-refractivity contribution in [1.82, 2.24) is 16.0 Å². The third-order valence-corrected chi connectivity index (χ3v) is 4.01. The summed E-state index contributed by atoms with van der Waals surface area (Å²) in [5.41, 5.74) is -0.446. The van der Waals surface area contributed by atoms with Gasteiger partial charge in [-0.15, -0.1) is 0 Å². The van der Waals surface area contributed by atoms with Crippen LogP contribution in [0.5, 0.6) is 0 Å². The summed E-state index contributed by atoms with van der Waals surface area (Å²) in [6.45, 7) is 0.944. The lowest BCUT2D eigenvalue weighted by atomic mass is 9.95. The SMILES string of the molecule is COC(C)(C(F)F)[C@H](NC(=O)c1ccc(C#Cc2ccno2)cc1)C(=O)NO. The van der Waals surface area contributed by atoms with Crippen LogP contribution < -0.4 is 10.8 Å². The first kappa shape index (κ1) is 21.0. The minimum atomic E-state index is -3.12. The molecule has 1 unspecified atom stereocenters. The van der Waals surface area contributed by atoms with Gasteiger partial charge in [-0.1, -0.05) is 11.1 Å². The molecule has 2 atom stereocenters. The number of hydrogen-bond donors (Lipinski definition) is 3. The number of alkyl halides is 2. The number of hydrogen-bond acceptors (Lipinski definition) is 6. The topological polar surface area (TPSA) is 114 Å². The molecule has 0 aliphatic rings. The number of aromatic nitrogens is 1. The lowest BCUT2D eigenvalue weighted by molar-refractivity contribution is -0.157. The number of benzene rings is 1. The van der Waals surface area contributed by atoms with Crippen molar-refractivity contribution < 1.29 is 32.8 Å². The van der Waals surface area contributed by atoms with E-state index in [0.29, 0.717) is 11.3 Å². The van der Waals surface area contributed by atoms with Crippen molar-refractivity contribution >= 4 is 11.8 Å². The normalized spacial score (nSPS) is 13.8. The quantitative estimate of drug-likeness (QED) is 0.388. The van der Waals surface area contributed by atoms with Crippen LogP contribution in [0.2, 0.25) is 0 Å². The molecule has 0 fully saturated rings. The maximum absolute atomic E-state index is 13.4. The maximum atomic E-state index is 13.4. The van der Waals surface area contributed by atoms with Gasteiger partial charge in [0.15, 0.2) is 5.60 Å². The van der Waals surface area contributed by atoms with E-state index in [4.69, 9.17) is 14.5 Å². The fourth-order valence-corrected chi connectivity index (χ4v) is 2.20. The average Bonchev–Trinajstić information content (AvgIpc) is 3.23. The van der Waals surface area contributed by atoms with Crippen LogP contribution in [0.4, 0.5) is 8.78 Å².